The molecule has 79 heavy (non-hydrogen) atoms. The van der Waals surface area contributed by atoms with Gasteiger partial charge in [0.25, 0.3) is 0 Å². The SMILES string of the molecule is CO[C@H](C(=O)[C@@H](O)[C@@H](C)O)[C@@H]1Cc2cc3cc(O[C@H]4C[C@@H](O[C@H]5C[C@@H](OC(C)=O)[C@H](O)[C@@H](C)O5)[C@H](O)[C@@H](C)O4)c(C)c(O)c3c(O)c2C(=O)[C@H]1O[C@H]1C[C@@H](O[C@H]2C[C@@H](O[C@H]3C[C@](C)(O)[C@H](O)[C@@H](C)O3)[C@@H](O)[C@@H](C)O2)[C@H](O)[C@@H](C)O1. The minimum Gasteiger partial charge on any atom is -0.507 e. The van der Waals surface area contributed by atoms with E-state index in [-0.39, 0.29) is 71.7 Å². The zero-order chi connectivity index (χ0) is 57.8. The second kappa shape index (κ2) is 24.6. The van der Waals surface area contributed by atoms with E-state index in [2.05, 4.69) is 0 Å². The lowest BCUT2D eigenvalue weighted by Crippen LogP contribution is -2.58. The number of benzene rings is 2. The van der Waals surface area contributed by atoms with Crippen molar-refractivity contribution in [3.63, 3.8) is 0 Å². The van der Waals surface area contributed by atoms with Crippen LogP contribution in [0, 0.1) is 12.8 Å². The van der Waals surface area contributed by atoms with Gasteiger partial charge in [0.1, 0.15) is 72.2 Å². The summed E-state index contributed by atoms with van der Waals surface area (Å²) in [6.45, 7) is 13.3. The van der Waals surface area contributed by atoms with Crippen molar-refractivity contribution >= 4 is 28.3 Å². The lowest BCUT2D eigenvalue weighted by atomic mass is 9.75. The zero-order valence-corrected chi connectivity index (χ0v) is 45.8. The molecule has 0 amide bonds. The van der Waals surface area contributed by atoms with Crippen LogP contribution in [0.25, 0.3) is 10.8 Å². The predicted molar refractivity (Wildman–Crippen MR) is 268 cm³/mol. The van der Waals surface area contributed by atoms with E-state index in [4.69, 9.17) is 56.8 Å². The van der Waals surface area contributed by atoms with Crippen molar-refractivity contribution in [3.05, 3.63) is 28.8 Å². The Morgan fingerprint density at radius 2 is 1.15 bits per heavy atom. The van der Waals surface area contributed by atoms with Crippen LogP contribution in [0.1, 0.15) is 109 Å². The number of carbonyl (C=O) groups is 3. The number of aliphatic hydroxyl groups excluding tert-OH is 7. The molecule has 5 aliphatic heterocycles. The minimum absolute atomic E-state index is 0.0244. The van der Waals surface area contributed by atoms with Gasteiger partial charge in [-0.1, -0.05) is 0 Å². The van der Waals surface area contributed by atoms with Crippen LogP contribution in [-0.4, -0.2) is 223 Å². The van der Waals surface area contributed by atoms with Crippen molar-refractivity contribution in [2.75, 3.05) is 7.11 Å². The Hall–Kier alpha value is -3.81. The summed E-state index contributed by atoms with van der Waals surface area (Å²) in [4.78, 5) is 40.7. The fraction of sp³-hybridized carbons (Fsp3) is 0.759. The molecule has 1 aliphatic carbocycles. The molecule has 0 radical (unpaired) electrons. The summed E-state index contributed by atoms with van der Waals surface area (Å²) in [5.41, 5.74) is -1.51. The van der Waals surface area contributed by atoms with E-state index in [1.54, 1.807) is 27.7 Å². The molecule has 5 heterocycles. The molecule has 25 nitrogen and oxygen atoms in total. The smallest absolute Gasteiger partial charge is 0.302 e. The first-order valence-corrected chi connectivity index (χ1v) is 26.9. The number of methoxy groups -OCH3 is 1. The second-order valence-corrected chi connectivity index (χ2v) is 22.3. The third kappa shape index (κ3) is 12.9. The molecule has 10 N–H and O–H groups in total. The molecule has 25 heteroatoms. The number of Topliss-reactive ketones (excluding diaryl/α,β-unsaturated/α-hetero) is 2. The predicted octanol–water partition coefficient (Wildman–Crippen LogP) is 0.322. The lowest BCUT2D eigenvalue weighted by molar-refractivity contribution is -0.334. The van der Waals surface area contributed by atoms with Crippen molar-refractivity contribution in [3.8, 4) is 17.2 Å². The zero-order valence-electron chi connectivity index (χ0n) is 45.8. The normalized spacial score (nSPS) is 41.2. The Labute approximate surface area is 456 Å². The summed E-state index contributed by atoms with van der Waals surface area (Å²) in [7, 11) is 1.18. The molecule has 2 aromatic rings. The van der Waals surface area contributed by atoms with E-state index >= 15 is 4.79 Å². The molecule has 2 aromatic carbocycles. The first-order chi connectivity index (χ1) is 37.1. The number of ether oxygens (including phenoxy) is 12. The van der Waals surface area contributed by atoms with Gasteiger partial charge in [-0.3, -0.25) is 14.4 Å². The minimum atomic E-state index is -1.96. The highest BCUT2D eigenvalue weighted by atomic mass is 16.7. The van der Waals surface area contributed by atoms with Gasteiger partial charge in [0, 0.05) is 57.6 Å². The number of phenols is 2. The van der Waals surface area contributed by atoms with E-state index in [9.17, 15) is 60.7 Å². The Morgan fingerprint density at radius 3 is 1.66 bits per heavy atom. The molecule has 0 spiro atoms. The molecule has 8 rings (SSSR count). The van der Waals surface area contributed by atoms with Crippen molar-refractivity contribution in [2.24, 2.45) is 5.92 Å². The van der Waals surface area contributed by atoms with Gasteiger partial charge in [0.2, 0.25) is 6.29 Å². The molecular formula is C54H78O25. The van der Waals surface area contributed by atoms with Gasteiger partial charge in [0.15, 0.2) is 36.7 Å². The number of phenolic OH excluding ortho intramolecular Hbond substituents is 2. The van der Waals surface area contributed by atoms with Crippen LogP contribution in [0.15, 0.2) is 12.1 Å². The van der Waals surface area contributed by atoms with Crippen molar-refractivity contribution in [1.82, 2.24) is 0 Å². The van der Waals surface area contributed by atoms with E-state index in [1.165, 1.54) is 53.9 Å². The van der Waals surface area contributed by atoms with Crippen LogP contribution in [0.5, 0.6) is 17.2 Å². The number of aliphatic hydroxyl groups is 8. The summed E-state index contributed by atoms with van der Waals surface area (Å²) in [6.07, 6.45) is -27.1. The fourth-order valence-corrected chi connectivity index (χ4v) is 11.7. The Bertz CT molecular complexity index is 2490. The molecule has 0 saturated carbocycles. The van der Waals surface area contributed by atoms with Gasteiger partial charge < -0.3 is 108 Å². The average Bonchev–Trinajstić information content (AvgIpc) is 3.54. The highest BCUT2D eigenvalue weighted by molar-refractivity contribution is 6.11. The molecule has 6 aliphatic rings. The van der Waals surface area contributed by atoms with Gasteiger partial charge in [-0.15, -0.1) is 0 Å². The molecule has 5 fully saturated rings. The maximum atomic E-state index is 15.1. The summed E-state index contributed by atoms with van der Waals surface area (Å²) < 4.78 is 72.1. The summed E-state index contributed by atoms with van der Waals surface area (Å²) in [5, 5.41) is 111. The Balaban J connectivity index is 1.04. The van der Waals surface area contributed by atoms with Crippen LogP contribution >= 0.6 is 0 Å². The standard InChI is InChI=1S/C54H78O25/c1-19-30(75-35-15-32(45(60)22(4)69-35)76-36-14-31(74-26(8)56)44(59)21(3)70-36)13-28-11-27-12-29(51(68-10)50(65)43(58)20(2)55)52(49(64)41(27)48(63)40(28)42(19)57)79-38-17-33(46(61)24(6)72-38)77-37-16-34(47(62)23(5)71-37)78-39-18-54(9,67)53(66)25(7)73-39/h11,13,20-25,29,31-39,43-47,51-53,55,57-63,66-67H,12,14-18H2,1-10H3/t20-,21-,22-,23-,24-,25-,29+,31-,32-,33-,34-,35+,36+,37+,38+,39+,43+,44-,45-,46-,47+,51+,52+,53-,54+/m1/s1. The van der Waals surface area contributed by atoms with Gasteiger partial charge in [-0.2, -0.15) is 0 Å². The van der Waals surface area contributed by atoms with Crippen LogP contribution in [0.3, 0.4) is 0 Å². The lowest BCUT2D eigenvalue weighted by Gasteiger charge is -2.46. The van der Waals surface area contributed by atoms with Gasteiger partial charge in [0.05, 0.1) is 71.5 Å². The number of esters is 1. The summed E-state index contributed by atoms with van der Waals surface area (Å²) >= 11 is 0. The van der Waals surface area contributed by atoms with Crippen LogP contribution in [0.4, 0.5) is 0 Å². The first kappa shape index (κ1) is 61.3. The van der Waals surface area contributed by atoms with Crippen molar-refractivity contribution in [1.29, 1.82) is 0 Å². The maximum absolute atomic E-state index is 15.1. The van der Waals surface area contributed by atoms with Crippen LogP contribution < -0.4 is 4.74 Å². The van der Waals surface area contributed by atoms with E-state index < -0.39 is 182 Å². The molecule has 0 bridgehead atoms. The Kier molecular flexibility index (Phi) is 19.1. The number of fused-ring (bicyclic) bond motifs is 2. The van der Waals surface area contributed by atoms with E-state index in [1.807, 2.05) is 0 Å². The summed E-state index contributed by atoms with van der Waals surface area (Å²) in [5.74, 6) is -4.73. The first-order valence-electron chi connectivity index (χ1n) is 26.9. The van der Waals surface area contributed by atoms with E-state index in [0.717, 1.165) is 0 Å². The third-order valence-corrected chi connectivity index (χ3v) is 16.2. The average molecular weight is 1130 g/mol. The van der Waals surface area contributed by atoms with Crippen molar-refractivity contribution in [2.45, 2.75) is 248 Å². The largest absolute Gasteiger partial charge is 0.507 e. The number of rotatable bonds is 16. The summed E-state index contributed by atoms with van der Waals surface area (Å²) in [6, 6.07) is 3.02. The van der Waals surface area contributed by atoms with E-state index in [0.29, 0.717) is 0 Å². The number of carbonyl (C=O) groups excluding carboxylic acids is 3. The molecular weight excluding hydrogens is 1050 g/mol. The third-order valence-electron chi connectivity index (χ3n) is 16.2. The number of hydrogen-bond acceptors (Lipinski definition) is 25. The Morgan fingerprint density at radius 1 is 0.684 bits per heavy atom. The van der Waals surface area contributed by atoms with Crippen LogP contribution in [-0.2, 0) is 68.1 Å². The highest BCUT2D eigenvalue weighted by Gasteiger charge is 2.52. The molecule has 444 valence electrons. The topological polar surface area (TPSA) is 364 Å². The van der Waals surface area contributed by atoms with Crippen molar-refractivity contribution < 1.29 is 122 Å². The molecule has 5 saturated heterocycles. The molecule has 25 atom stereocenters. The molecule has 0 aromatic heterocycles. The quantitative estimate of drug-likeness (QED) is 0.101. The monoisotopic (exact) mass is 1130 g/mol. The maximum Gasteiger partial charge on any atom is 0.302 e. The number of ketones is 2. The second-order valence-electron chi connectivity index (χ2n) is 22.3. The van der Waals surface area contributed by atoms with Gasteiger partial charge in [-0.25, -0.2) is 0 Å². The highest BCUT2D eigenvalue weighted by Crippen LogP contribution is 2.48. The van der Waals surface area contributed by atoms with Gasteiger partial charge in [-0.05, 0) is 84.9 Å². The number of aromatic hydroxyl groups is 2. The number of hydrogen-bond donors (Lipinski definition) is 10. The van der Waals surface area contributed by atoms with Crippen LogP contribution in [0.2, 0.25) is 0 Å². The van der Waals surface area contributed by atoms with Gasteiger partial charge >= 0.3 is 5.97 Å². The molecule has 0 unspecified atom stereocenters. The fourth-order valence-electron chi connectivity index (χ4n) is 11.7.